The summed E-state index contributed by atoms with van der Waals surface area (Å²) in [6, 6.07) is 0. The Hall–Kier alpha value is -0.620. The van der Waals surface area contributed by atoms with Gasteiger partial charge in [0.25, 0.3) is 0 Å². The third-order valence-corrected chi connectivity index (χ3v) is 3.88. The Morgan fingerprint density at radius 1 is 1.12 bits per heavy atom. The van der Waals surface area contributed by atoms with Gasteiger partial charge in [0.1, 0.15) is 11.3 Å². The van der Waals surface area contributed by atoms with Crippen LogP contribution in [0.4, 0.5) is 13.2 Å². The minimum atomic E-state index is -4.21. The fraction of sp³-hybridized carbons (Fsp3) is 0.909. The van der Waals surface area contributed by atoms with Crippen LogP contribution in [0.25, 0.3) is 0 Å². The van der Waals surface area contributed by atoms with E-state index in [4.69, 9.17) is 0 Å². The zero-order chi connectivity index (χ0) is 12.5. The molecule has 0 aromatic heterocycles. The maximum Gasteiger partial charge on any atom is 0.406 e. The first-order chi connectivity index (χ1) is 7.96. The Bertz CT molecular complexity index is 288. The summed E-state index contributed by atoms with van der Waals surface area (Å²) in [6.45, 7) is 1.28. The molecule has 0 radical (unpaired) electrons. The molecule has 98 valence electrons. The highest BCUT2D eigenvalue weighted by molar-refractivity contribution is 5.79. The second-order valence-corrected chi connectivity index (χ2v) is 4.81. The molecule has 0 aliphatic carbocycles. The fourth-order valence-electron chi connectivity index (χ4n) is 2.80. The van der Waals surface area contributed by atoms with Gasteiger partial charge in [0.15, 0.2) is 0 Å². The van der Waals surface area contributed by atoms with Gasteiger partial charge in [0, 0.05) is 25.9 Å². The summed E-state index contributed by atoms with van der Waals surface area (Å²) in [5, 5.41) is 2.97. The van der Waals surface area contributed by atoms with Crippen LogP contribution in [0.15, 0.2) is 0 Å². The zero-order valence-corrected chi connectivity index (χ0v) is 9.65. The molecule has 0 aromatic rings. The SMILES string of the molecule is O=C1CCN(C2(C(F)(F)F)CCNCC2)CC1. The van der Waals surface area contributed by atoms with Gasteiger partial charge >= 0.3 is 6.18 Å². The molecule has 0 atom stereocenters. The molecule has 17 heavy (non-hydrogen) atoms. The van der Waals surface area contributed by atoms with Crippen LogP contribution >= 0.6 is 0 Å². The lowest BCUT2D eigenvalue weighted by Crippen LogP contribution is -2.64. The first-order valence-electron chi connectivity index (χ1n) is 6.00. The molecule has 2 aliphatic rings. The van der Waals surface area contributed by atoms with Crippen molar-refractivity contribution in [1.29, 1.82) is 0 Å². The summed E-state index contributed by atoms with van der Waals surface area (Å²) in [6.07, 6.45) is -3.53. The molecule has 0 unspecified atom stereocenters. The van der Waals surface area contributed by atoms with Crippen LogP contribution in [0.3, 0.4) is 0 Å². The molecule has 0 bridgehead atoms. The summed E-state index contributed by atoms with van der Waals surface area (Å²) in [7, 11) is 0. The molecule has 2 fully saturated rings. The molecular weight excluding hydrogens is 233 g/mol. The number of likely N-dealkylation sites (tertiary alicyclic amines) is 1. The van der Waals surface area contributed by atoms with Crippen molar-refractivity contribution in [3.63, 3.8) is 0 Å². The first-order valence-corrected chi connectivity index (χ1v) is 6.00. The predicted molar refractivity (Wildman–Crippen MR) is 56.7 cm³/mol. The summed E-state index contributed by atoms with van der Waals surface area (Å²) >= 11 is 0. The number of hydrogen-bond acceptors (Lipinski definition) is 3. The molecule has 2 rings (SSSR count). The molecule has 1 N–H and O–H groups in total. The predicted octanol–water partition coefficient (Wildman–Crippen LogP) is 1.34. The second-order valence-electron chi connectivity index (χ2n) is 4.81. The molecule has 2 saturated heterocycles. The van der Waals surface area contributed by atoms with Crippen molar-refractivity contribution in [2.24, 2.45) is 0 Å². The second kappa shape index (κ2) is 4.57. The minimum Gasteiger partial charge on any atom is -0.317 e. The Morgan fingerprint density at radius 3 is 2.12 bits per heavy atom. The van der Waals surface area contributed by atoms with E-state index in [0.717, 1.165) is 0 Å². The molecule has 2 aliphatic heterocycles. The topological polar surface area (TPSA) is 32.3 Å². The van der Waals surface area contributed by atoms with E-state index in [1.165, 1.54) is 4.90 Å². The molecule has 6 heteroatoms. The number of Topliss-reactive ketones (excluding diaryl/α,β-unsaturated/α-hetero) is 1. The summed E-state index contributed by atoms with van der Waals surface area (Å²) < 4.78 is 40.0. The van der Waals surface area contributed by atoms with Crippen molar-refractivity contribution in [3.05, 3.63) is 0 Å². The number of piperidine rings is 2. The lowest BCUT2D eigenvalue weighted by molar-refractivity contribution is -0.242. The highest BCUT2D eigenvalue weighted by atomic mass is 19.4. The van der Waals surface area contributed by atoms with Crippen molar-refractivity contribution >= 4 is 5.78 Å². The Morgan fingerprint density at radius 2 is 1.65 bits per heavy atom. The van der Waals surface area contributed by atoms with E-state index in [1.54, 1.807) is 0 Å². The van der Waals surface area contributed by atoms with Gasteiger partial charge in [0.2, 0.25) is 0 Å². The van der Waals surface area contributed by atoms with Crippen molar-refractivity contribution < 1.29 is 18.0 Å². The maximum atomic E-state index is 13.3. The third-order valence-electron chi connectivity index (χ3n) is 3.88. The van der Waals surface area contributed by atoms with Gasteiger partial charge in [0.05, 0.1) is 0 Å². The molecular formula is C11H17F3N2O. The van der Waals surface area contributed by atoms with E-state index in [9.17, 15) is 18.0 Å². The van der Waals surface area contributed by atoms with Gasteiger partial charge in [-0.05, 0) is 25.9 Å². The van der Waals surface area contributed by atoms with Crippen LogP contribution in [0.2, 0.25) is 0 Å². The number of nitrogens with zero attached hydrogens (tertiary/aromatic N) is 1. The quantitative estimate of drug-likeness (QED) is 0.762. The van der Waals surface area contributed by atoms with E-state index >= 15 is 0 Å². The number of carbonyl (C=O) groups is 1. The standard InChI is InChI=1S/C11H17F3N2O/c12-11(13,14)10(3-5-15-6-4-10)16-7-1-9(17)2-8-16/h15H,1-8H2. The van der Waals surface area contributed by atoms with E-state index in [1.807, 2.05) is 0 Å². The molecule has 0 aromatic carbocycles. The molecule has 0 amide bonds. The number of halogens is 3. The van der Waals surface area contributed by atoms with Crippen LogP contribution in [0, 0.1) is 0 Å². The van der Waals surface area contributed by atoms with Gasteiger partial charge in [-0.3, -0.25) is 9.69 Å². The van der Waals surface area contributed by atoms with Crippen molar-refractivity contribution in [1.82, 2.24) is 10.2 Å². The number of rotatable bonds is 1. The molecule has 0 saturated carbocycles. The summed E-state index contributed by atoms with van der Waals surface area (Å²) in [5.41, 5.74) is -1.71. The van der Waals surface area contributed by atoms with E-state index in [2.05, 4.69) is 5.32 Å². The number of nitrogens with one attached hydrogen (secondary N) is 1. The lowest BCUT2D eigenvalue weighted by Gasteiger charge is -2.48. The Labute approximate surface area is 98.3 Å². The average Bonchev–Trinajstić information content (AvgIpc) is 2.29. The first kappa shape index (κ1) is 12.8. The monoisotopic (exact) mass is 250 g/mol. The smallest absolute Gasteiger partial charge is 0.317 e. The maximum absolute atomic E-state index is 13.3. The van der Waals surface area contributed by atoms with Gasteiger partial charge < -0.3 is 5.32 Å². The fourth-order valence-corrected chi connectivity index (χ4v) is 2.80. The van der Waals surface area contributed by atoms with E-state index in [0.29, 0.717) is 13.1 Å². The van der Waals surface area contributed by atoms with Crippen LogP contribution in [0.5, 0.6) is 0 Å². The highest BCUT2D eigenvalue weighted by Gasteiger charge is 2.58. The Kier molecular flexibility index (Phi) is 3.45. The summed E-state index contributed by atoms with van der Waals surface area (Å²) in [5.74, 6) is 0.0764. The van der Waals surface area contributed by atoms with Gasteiger partial charge in [-0.15, -0.1) is 0 Å². The largest absolute Gasteiger partial charge is 0.406 e. The van der Waals surface area contributed by atoms with Crippen LogP contribution in [-0.2, 0) is 4.79 Å². The molecule has 2 heterocycles. The van der Waals surface area contributed by atoms with Gasteiger partial charge in [-0.25, -0.2) is 0 Å². The van der Waals surface area contributed by atoms with Crippen molar-refractivity contribution in [2.75, 3.05) is 26.2 Å². The number of hydrogen-bond donors (Lipinski definition) is 1. The number of ketones is 1. The summed E-state index contributed by atoms with van der Waals surface area (Å²) in [4.78, 5) is 12.6. The molecule has 3 nitrogen and oxygen atoms in total. The number of carbonyl (C=O) groups excluding carboxylic acids is 1. The van der Waals surface area contributed by atoms with E-state index < -0.39 is 11.7 Å². The van der Waals surface area contributed by atoms with Gasteiger partial charge in [-0.2, -0.15) is 13.2 Å². The normalized spacial score (nSPS) is 27.1. The highest BCUT2D eigenvalue weighted by Crippen LogP contribution is 2.42. The minimum absolute atomic E-state index is 0.0764. The Balaban J connectivity index is 2.18. The number of alkyl halides is 3. The average molecular weight is 250 g/mol. The van der Waals surface area contributed by atoms with Crippen molar-refractivity contribution in [3.8, 4) is 0 Å². The van der Waals surface area contributed by atoms with Crippen LogP contribution in [-0.4, -0.2) is 48.6 Å². The van der Waals surface area contributed by atoms with Crippen LogP contribution in [0.1, 0.15) is 25.7 Å². The molecule has 0 spiro atoms. The zero-order valence-electron chi connectivity index (χ0n) is 9.65. The van der Waals surface area contributed by atoms with Gasteiger partial charge in [-0.1, -0.05) is 0 Å². The van der Waals surface area contributed by atoms with Crippen LogP contribution < -0.4 is 5.32 Å². The van der Waals surface area contributed by atoms with E-state index in [-0.39, 0.29) is 44.6 Å². The third kappa shape index (κ3) is 2.33. The lowest BCUT2D eigenvalue weighted by atomic mass is 9.84. The van der Waals surface area contributed by atoms with Crippen molar-refractivity contribution in [2.45, 2.75) is 37.4 Å².